The number of sulfonamides is 1. The van der Waals surface area contributed by atoms with E-state index in [2.05, 4.69) is 15.0 Å². The molecule has 5 nitrogen and oxygen atoms in total. The number of aromatic nitrogens is 1. The highest BCUT2D eigenvalue weighted by Crippen LogP contribution is 2.13. The highest BCUT2D eigenvalue weighted by atomic mass is 32.2. The van der Waals surface area contributed by atoms with Crippen LogP contribution >= 0.6 is 0 Å². The monoisotopic (exact) mass is 271 g/mol. The van der Waals surface area contributed by atoms with Crippen molar-refractivity contribution in [3.63, 3.8) is 0 Å². The Kier molecular flexibility index (Phi) is 6.07. The van der Waals surface area contributed by atoms with Crippen LogP contribution in [0.15, 0.2) is 18.3 Å². The third kappa shape index (κ3) is 5.46. The lowest BCUT2D eigenvalue weighted by atomic mass is 10.3. The van der Waals surface area contributed by atoms with E-state index in [1.807, 2.05) is 6.92 Å². The van der Waals surface area contributed by atoms with E-state index in [-0.39, 0.29) is 5.75 Å². The average Bonchev–Trinajstić information content (AvgIpc) is 2.31. The van der Waals surface area contributed by atoms with E-state index in [4.69, 9.17) is 0 Å². The van der Waals surface area contributed by atoms with Crippen molar-refractivity contribution in [2.45, 2.75) is 26.7 Å². The molecule has 0 aliphatic heterocycles. The Balaban J connectivity index is 2.43. The normalized spacial score (nSPS) is 11.4. The molecular weight excluding hydrogens is 250 g/mol. The summed E-state index contributed by atoms with van der Waals surface area (Å²) in [5, 5.41) is 3.17. The maximum Gasteiger partial charge on any atom is 0.232 e. The zero-order chi connectivity index (χ0) is 13.4. The maximum absolute atomic E-state index is 11.8. The van der Waals surface area contributed by atoms with Crippen molar-refractivity contribution >= 4 is 15.7 Å². The molecule has 1 heterocycles. The molecule has 0 saturated carbocycles. The first-order valence-electron chi connectivity index (χ1n) is 6.18. The van der Waals surface area contributed by atoms with Gasteiger partial charge in [-0.15, -0.1) is 0 Å². The van der Waals surface area contributed by atoms with Crippen LogP contribution in [0.1, 0.15) is 25.5 Å². The van der Waals surface area contributed by atoms with E-state index >= 15 is 0 Å². The van der Waals surface area contributed by atoms with Crippen LogP contribution in [0.4, 0.5) is 5.69 Å². The molecule has 18 heavy (non-hydrogen) atoms. The molecule has 0 spiro atoms. The first kappa shape index (κ1) is 14.9. The van der Waals surface area contributed by atoms with Gasteiger partial charge in [0.05, 0.1) is 17.1 Å². The van der Waals surface area contributed by atoms with Gasteiger partial charge < -0.3 is 5.32 Å². The molecular formula is C12H21N3O2S. The molecule has 0 aromatic carbocycles. The van der Waals surface area contributed by atoms with Gasteiger partial charge in [-0.25, -0.2) is 8.42 Å². The number of pyridine rings is 1. The Morgan fingerprint density at radius 1 is 1.33 bits per heavy atom. The molecule has 0 aliphatic carbocycles. The zero-order valence-electron chi connectivity index (χ0n) is 10.9. The van der Waals surface area contributed by atoms with Gasteiger partial charge >= 0.3 is 0 Å². The number of anilines is 1. The van der Waals surface area contributed by atoms with Crippen LogP contribution in [-0.4, -0.2) is 32.2 Å². The minimum absolute atomic E-state index is 0.146. The fraction of sp³-hybridized carbons (Fsp3) is 0.583. The Hall–Kier alpha value is -1.14. The lowest BCUT2D eigenvalue weighted by Gasteiger charge is -2.09. The number of aryl methyl sites for hydroxylation is 1. The van der Waals surface area contributed by atoms with Gasteiger partial charge in [0.1, 0.15) is 0 Å². The second-order valence-electron chi connectivity index (χ2n) is 4.12. The predicted octanol–water partition coefficient (Wildman–Crippen LogP) is 1.52. The fourth-order valence-electron chi connectivity index (χ4n) is 1.53. The molecule has 1 aromatic heterocycles. The summed E-state index contributed by atoms with van der Waals surface area (Å²) in [7, 11) is -3.26. The third-order valence-corrected chi connectivity index (χ3v) is 3.90. The molecule has 0 fully saturated rings. The second-order valence-corrected chi connectivity index (χ2v) is 5.96. The van der Waals surface area contributed by atoms with Crippen LogP contribution in [0.5, 0.6) is 0 Å². The van der Waals surface area contributed by atoms with E-state index in [9.17, 15) is 8.42 Å². The van der Waals surface area contributed by atoms with Crippen molar-refractivity contribution < 1.29 is 8.42 Å². The summed E-state index contributed by atoms with van der Waals surface area (Å²) in [5.74, 6) is 0.146. The van der Waals surface area contributed by atoms with Gasteiger partial charge in [-0.3, -0.25) is 9.71 Å². The van der Waals surface area contributed by atoms with E-state index in [1.165, 1.54) is 0 Å². The molecule has 0 unspecified atom stereocenters. The minimum Gasteiger partial charge on any atom is -0.317 e. The van der Waals surface area contributed by atoms with E-state index in [0.717, 1.165) is 19.5 Å². The van der Waals surface area contributed by atoms with Crippen LogP contribution in [-0.2, 0) is 10.0 Å². The molecule has 0 aliphatic rings. The molecule has 1 aromatic rings. The van der Waals surface area contributed by atoms with Gasteiger partial charge in [-0.2, -0.15) is 0 Å². The molecule has 0 saturated heterocycles. The highest BCUT2D eigenvalue weighted by Gasteiger charge is 2.11. The summed E-state index contributed by atoms with van der Waals surface area (Å²) in [6, 6.07) is 3.44. The van der Waals surface area contributed by atoms with E-state index in [1.54, 1.807) is 25.3 Å². The standard InChI is InChI=1S/C12H21N3O2S/c1-3-13-8-4-5-10-18(16,17)15-12-7-6-9-14-11(12)2/h6-7,9,13,15H,3-5,8,10H2,1-2H3. The van der Waals surface area contributed by atoms with Crippen LogP contribution in [0.25, 0.3) is 0 Å². The van der Waals surface area contributed by atoms with Crippen LogP contribution in [0.3, 0.4) is 0 Å². The molecule has 2 N–H and O–H groups in total. The summed E-state index contributed by atoms with van der Waals surface area (Å²) < 4.78 is 26.2. The molecule has 0 radical (unpaired) electrons. The second kappa shape index (κ2) is 7.33. The summed E-state index contributed by atoms with van der Waals surface area (Å²) >= 11 is 0. The van der Waals surface area contributed by atoms with Gasteiger partial charge in [0.2, 0.25) is 10.0 Å². The summed E-state index contributed by atoms with van der Waals surface area (Å²) in [6.07, 6.45) is 3.16. The molecule has 6 heteroatoms. The van der Waals surface area contributed by atoms with E-state index in [0.29, 0.717) is 17.8 Å². The van der Waals surface area contributed by atoms with Gasteiger partial charge in [0.25, 0.3) is 0 Å². The molecule has 0 amide bonds. The Morgan fingerprint density at radius 2 is 2.11 bits per heavy atom. The lowest BCUT2D eigenvalue weighted by molar-refractivity contribution is 0.593. The van der Waals surface area contributed by atoms with Gasteiger partial charge in [-0.1, -0.05) is 6.92 Å². The maximum atomic E-state index is 11.8. The van der Waals surface area contributed by atoms with Crippen molar-refractivity contribution in [2.75, 3.05) is 23.6 Å². The molecule has 0 atom stereocenters. The van der Waals surface area contributed by atoms with Crippen molar-refractivity contribution in [1.82, 2.24) is 10.3 Å². The SMILES string of the molecule is CCNCCCCS(=O)(=O)Nc1cccnc1C. The first-order valence-corrected chi connectivity index (χ1v) is 7.83. The lowest BCUT2D eigenvalue weighted by Crippen LogP contribution is -2.19. The number of hydrogen-bond donors (Lipinski definition) is 2. The van der Waals surface area contributed by atoms with Gasteiger partial charge in [-0.05, 0) is 45.0 Å². The van der Waals surface area contributed by atoms with Crippen molar-refractivity contribution in [3.8, 4) is 0 Å². The average molecular weight is 271 g/mol. The number of rotatable bonds is 8. The van der Waals surface area contributed by atoms with Crippen LogP contribution < -0.4 is 10.0 Å². The van der Waals surface area contributed by atoms with Crippen LogP contribution in [0.2, 0.25) is 0 Å². The summed E-state index contributed by atoms with van der Waals surface area (Å²) in [4.78, 5) is 4.05. The van der Waals surface area contributed by atoms with Gasteiger partial charge in [0, 0.05) is 6.20 Å². The fourth-order valence-corrected chi connectivity index (χ4v) is 2.77. The summed E-state index contributed by atoms with van der Waals surface area (Å²) in [6.45, 7) is 5.59. The quantitative estimate of drug-likeness (QED) is 0.703. The van der Waals surface area contributed by atoms with Crippen LogP contribution in [0, 0.1) is 6.92 Å². The smallest absolute Gasteiger partial charge is 0.232 e. The zero-order valence-corrected chi connectivity index (χ0v) is 11.8. The Bertz CT molecular complexity index is 460. The molecule has 102 valence electrons. The Morgan fingerprint density at radius 3 is 2.78 bits per heavy atom. The van der Waals surface area contributed by atoms with Crippen molar-refractivity contribution in [2.24, 2.45) is 0 Å². The minimum atomic E-state index is -3.26. The largest absolute Gasteiger partial charge is 0.317 e. The van der Waals surface area contributed by atoms with Crippen molar-refractivity contribution in [3.05, 3.63) is 24.0 Å². The van der Waals surface area contributed by atoms with Gasteiger partial charge in [0.15, 0.2) is 0 Å². The number of hydrogen-bond acceptors (Lipinski definition) is 4. The molecule has 1 rings (SSSR count). The first-order chi connectivity index (χ1) is 8.55. The predicted molar refractivity (Wildman–Crippen MR) is 74.2 cm³/mol. The summed E-state index contributed by atoms with van der Waals surface area (Å²) in [5.41, 5.74) is 1.25. The van der Waals surface area contributed by atoms with Crippen molar-refractivity contribution in [1.29, 1.82) is 0 Å². The van der Waals surface area contributed by atoms with E-state index < -0.39 is 10.0 Å². The third-order valence-electron chi connectivity index (χ3n) is 2.54. The molecule has 0 bridgehead atoms. The Labute approximate surface area is 109 Å². The number of nitrogens with one attached hydrogen (secondary N) is 2. The topological polar surface area (TPSA) is 71.1 Å². The highest BCUT2D eigenvalue weighted by molar-refractivity contribution is 7.92. The number of unbranched alkanes of at least 4 members (excludes halogenated alkanes) is 1. The number of nitrogens with zero attached hydrogens (tertiary/aromatic N) is 1.